The van der Waals surface area contributed by atoms with Crippen molar-refractivity contribution in [1.82, 2.24) is 10.6 Å². The fraction of sp³-hybridized carbons (Fsp3) is 0.353. The highest BCUT2D eigenvalue weighted by Crippen LogP contribution is 2.06. The normalized spacial score (nSPS) is 12.0. The first-order valence-corrected chi connectivity index (χ1v) is 8.31. The molecule has 0 bridgehead atoms. The van der Waals surface area contributed by atoms with E-state index < -0.39 is 35.7 Å². The van der Waals surface area contributed by atoms with E-state index in [4.69, 9.17) is 0 Å². The molecule has 2 amide bonds. The van der Waals surface area contributed by atoms with Crippen LogP contribution in [0.4, 0.5) is 0 Å². The average molecular weight is 406 g/mol. The van der Waals surface area contributed by atoms with Gasteiger partial charge < -0.3 is 15.4 Å². The summed E-state index contributed by atoms with van der Waals surface area (Å²) in [6.45, 7) is 1.38. The van der Waals surface area contributed by atoms with Gasteiger partial charge in [0, 0.05) is 13.1 Å². The van der Waals surface area contributed by atoms with Crippen LogP contribution in [0, 0.1) is 9.81 Å². The lowest BCUT2D eigenvalue weighted by Crippen LogP contribution is -2.39. The van der Waals surface area contributed by atoms with Gasteiger partial charge in [-0.3, -0.25) is 19.2 Å². The number of esters is 1. The number of Topliss-reactive ketones (excluding diaryl/α,β-unsaturated/α-hetero) is 1. The molecule has 1 aromatic carbocycles. The van der Waals surface area contributed by atoms with Crippen LogP contribution in [-0.2, 0) is 41.8 Å². The van der Waals surface area contributed by atoms with Crippen LogP contribution >= 0.6 is 0 Å². The monoisotopic (exact) mass is 406 g/mol. The lowest BCUT2D eigenvalue weighted by molar-refractivity contribution is -0.148. The van der Waals surface area contributed by atoms with E-state index in [-0.39, 0.29) is 26.0 Å². The van der Waals surface area contributed by atoms with Gasteiger partial charge in [0.05, 0.1) is 6.61 Å². The molecule has 1 aromatic rings. The van der Waals surface area contributed by atoms with Gasteiger partial charge in [-0.2, -0.15) is 0 Å². The molecule has 2 atom stereocenters. The molecule has 0 saturated heterocycles. The van der Waals surface area contributed by atoms with Crippen LogP contribution in [0.3, 0.4) is 0 Å². The minimum absolute atomic E-state index is 0.00910. The summed E-state index contributed by atoms with van der Waals surface area (Å²) in [6.07, 6.45) is -0.160. The van der Waals surface area contributed by atoms with Crippen molar-refractivity contribution in [3.63, 3.8) is 0 Å². The number of benzene rings is 1. The van der Waals surface area contributed by atoms with Crippen LogP contribution in [0.5, 0.6) is 0 Å². The average Bonchev–Trinajstić information content (AvgIpc) is 2.72. The fourth-order valence-electron chi connectivity index (χ4n) is 2.13. The number of hydrogen-bond donors (Lipinski definition) is 2. The molecular formula is C17H18N4O8. The highest BCUT2D eigenvalue weighted by molar-refractivity contribution is 6.33. The molecule has 2 unspecified atom stereocenters. The first-order valence-electron chi connectivity index (χ1n) is 8.31. The van der Waals surface area contributed by atoms with Crippen LogP contribution in [0.15, 0.2) is 34.6 Å². The second kappa shape index (κ2) is 11.8. The molecule has 1 rings (SSSR count). The third-order valence-corrected chi connectivity index (χ3v) is 3.53. The Morgan fingerprint density at radius 1 is 1.00 bits per heavy atom. The molecule has 0 fully saturated rings. The summed E-state index contributed by atoms with van der Waals surface area (Å²) in [4.78, 5) is 77.9. The Kier molecular flexibility index (Phi) is 9.44. The summed E-state index contributed by atoms with van der Waals surface area (Å²) in [7, 11) is 0. The molecule has 0 aromatic heterocycles. The van der Waals surface area contributed by atoms with Gasteiger partial charge in [0.25, 0.3) is 17.9 Å². The van der Waals surface area contributed by atoms with Crippen LogP contribution < -0.4 is 10.6 Å². The number of nitroso groups, excluding NO2 is 2. The minimum atomic E-state index is -1.95. The summed E-state index contributed by atoms with van der Waals surface area (Å²) < 4.78 is 4.59. The summed E-state index contributed by atoms with van der Waals surface area (Å²) in [5.41, 5.74) is 1.11. The molecule has 12 heteroatoms. The maximum absolute atomic E-state index is 11.9. The van der Waals surface area contributed by atoms with Gasteiger partial charge in [-0.25, -0.2) is 4.79 Å². The quantitative estimate of drug-likeness (QED) is 0.154. The molecule has 12 nitrogen and oxygen atoms in total. The summed E-state index contributed by atoms with van der Waals surface area (Å²) in [5, 5.41) is 9.45. The van der Waals surface area contributed by atoms with E-state index in [1.807, 2.05) is 0 Å². The van der Waals surface area contributed by atoms with Crippen LogP contribution in [0.25, 0.3) is 0 Å². The van der Waals surface area contributed by atoms with Crippen molar-refractivity contribution in [3.8, 4) is 0 Å². The summed E-state index contributed by atoms with van der Waals surface area (Å²) >= 11 is 0. The van der Waals surface area contributed by atoms with E-state index in [2.05, 4.69) is 25.7 Å². The number of nitrogens with one attached hydrogen (secondary N) is 2. The third-order valence-electron chi connectivity index (χ3n) is 3.53. The molecule has 0 heterocycles. The molecule has 29 heavy (non-hydrogen) atoms. The van der Waals surface area contributed by atoms with Crippen LogP contribution in [-0.4, -0.2) is 48.5 Å². The van der Waals surface area contributed by atoms with E-state index in [9.17, 15) is 33.8 Å². The molecule has 0 saturated carbocycles. The number of aldehydes is 1. The standard InChI is InChI=1S/C17H18N4O8/c1-2-29-17(26)14(21-28)16(25)19-8-11-5-3-4-10(6-11)7-18-15(24)13(20-27)12(23)9-22/h3-6,9,13-14H,2,7-8H2,1H3,(H,18,24)(H,19,25). The zero-order valence-electron chi connectivity index (χ0n) is 15.3. The Morgan fingerprint density at radius 2 is 1.52 bits per heavy atom. The van der Waals surface area contributed by atoms with Crippen molar-refractivity contribution < 1.29 is 28.7 Å². The third kappa shape index (κ3) is 7.01. The van der Waals surface area contributed by atoms with Crippen LogP contribution in [0.1, 0.15) is 18.1 Å². The van der Waals surface area contributed by atoms with Gasteiger partial charge in [-0.1, -0.05) is 24.3 Å². The molecule has 0 spiro atoms. The largest absolute Gasteiger partial charge is 0.464 e. The summed E-state index contributed by atoms with van der Waals surface area (Å²) in [5.74, 6) is -4.26. The van der Waals surface area contributed by atoms with Crippen molar-refractivity contribution in [1.29, 1.82) is 0 Å². The lowest BCUT2D eigenvalue weighted by Gasteiger charge is -2.11. The highest BCUT2D eigenvalue weighted by Gasteiger charge is 2.29. The number of ketones is 1. The first-order chi connectivity index (χ1) is 13.9. The van der Waals surface area contributed by atoms with Gasteiger partial charge >= 0.3 is 5.97 Å². The van der Waals surface area contributed by atoms with E-state index >= 15 is 0 Å². The maximum Gasteiger partial charge on any atom is 0.344 e. The van der Waals surface area contributed by atoms with Gasteiger partial charge in [-0.05, 0) is 28.4 Å². The van der Waals surface area contributed by atoms with Gasteiger partial charge in [0.15, 0.2) is 6.29 Å². The Hall–Kier alpha value is -3.83. The van der Waals surface area contributed by atoms with Crippen molar-refractivity contribution in [2.24, 2.45) is 10.4 Å². The molecule has 154 valence electrons. The molecule has 0 aliphatic carbocycles. The van der Waals surface area contributed by atoms with Crippen molar-refractivity contribution >= 4 is 29.9 Å². The van der Waals surface area contributed by atoms with Crippen molar-refractivity contribution in [2.75, 3.05) is 6.61 Å². The predicted octanol–water partition coefficient (Wildman–Crippen LogP) is -0.480. The Bertz CT molecular complexity index is 810. The summed E-state index contributed by atoms with van der Waals surface area (Å²) in [6, 6.07) is 2.66. The van der Waals surface area contributed by atoms with Gasteiger partial charge in [0.2, 0.25) is 11.8 Å². The topological polar surface area (TPSA) is 178 Å². The molecule has 2 N–H and O–H groups in total. The number of nitrogens with zero attached hydrogens (tertiary/aromatic N) is 2. The molecule has 0 radical (unpaired) electrons. The SMILES string of the molecule is CCOC(=O)C(N=O)C(=O)NCc1cccc(CNC(=O)C(N=O)C(=O)C=O)c1. The number of ether oxygens (including phenoxy) is 1. The predicted molar refractivity (Wildman–Crippen MR) is 97.0 cm³/mol. The fourth-order valence-corrected chi connectivity index (χ4v) is 2.13. The second-order valence-corrected chi connectivity index (χ2v) is 5.54. The molecule has 0 aliphatic rings. The Labute approximate surface area is 164 Å². The highest BCUT2D eigenvalue weighted by atomic mass is 16.5. The zero-order valence-corrected chi connectivity index (χ0v) is 15.3. The first kappa shape index (κ1) is 23.2. The maximum atomic E-state index is 11.9. The van der Waals surface area contributed by atoms with E-state index in [1.54, 1.807) is 24.3 Å². The smallest absolute Gasteiger partial charge is 0.344 e. The molecule has 0 aliphatic heterocycles. The Balaban J connectivity index is 2.67. The van der Waals surface area contributed by atoms with E-state index in [0.29, 0.717) is 11.1 Å². The van der Waals surface area contributed by atoms with E-state index in [1.165, 1.54) is 6.92 Å². The Morgan fingerprint density at radius 3 is 1.97 bits per heavy atom. The van der Waals surface area contributed by atoms with Crippen molar-refractivity contribution in [3.05, 3.63) is 45.2 Å². The number of amides is 2. The van der Waals surface area contributed by atoms with Crippen molar-refractivity contribution in [2.45, 2.75) is 32.1 Å². The zero-order chi connectivity index (χ0) is 21.8. The number of carbonyl (C=O) groups is 5. The second-order valence-electron chi connectivity index (χ2n) is 5.54. The number of hydrogen-bond acceptors (Lipinski definition) is 10. The minimum Gasteiger partial charge on any atom is -0.464 e. The van der Waals surface area contributed by atoms with Crippen LogP contribution in [0.2, 0.25) is 0 Å². The lowest BCUT2D eigenvalue weighted by atomic mass is 10.1. The van der Waals surface area contributed by atoms with Gasteiger partial charge in [0.1, 0.15) is 0 Å². The number of rotatable bonds is 12. The molecular weight excluding hydrogens is 388 g/mol. The number of carbonyl (C=O) groups excluding carboxylic acids is 5. The van der Waals surface area contributed by atoms with Gasteiger partial charge in [-0.15, -0.1) is 9.81 Å². The van der Waals surface area contributed by atoms with E-state index in [0.717, 1.165) is 0 Å².